The number of primary amides is 1. The molecular formula is C22H20ClN3O4S. The lowest BCUT2D eigenvalue weighted by atomic mass is 10.2. The van der Waals surface area contributed by atoms with Gasteiger partial charge in [0.25, 0.3) is 10.0 Å². The molecule has 0 heterocycles. The molecule has 0 spiro atoms. The molecule has 0 atom stereocenters. The SMILES string of the molecule is Cc1ccc(N(CC(=O)Nc2ccc(C(N)=O)cc2)S(=O)(=O)c2ccccc2)cc1Cl. The van der Waals surface area contributed by atoms with E-state index in [4.69, 9.17) is 17.3 Å². The maximum absolute atomic E-state index is 13.3. The third-order valence-corrected chi connectivity index (χ3v) is 6.71. The lowest BCUT2D eigenvalue weighted by Gasteiger charge is -2.24. The summed E-state index contributed by atoms with van der Waals surface area (Å²) in [6.45, 7) is 1.32. The highest BCUT2D eigenvalue weighted by atomic mass is 35.5. The van der Waals surface area contributed by atoms with Crippen LogP contribution in [0.3, 0.4) is 0 Å². The number of hydrogen-bond donors (Lipinski definition) is 2. The summed E-state index contributed by atoms with van der Waals surface area (Å²) >= 11 is 6.20. The largest absolute Gasteiger partial charge is 0.366 e. The summed E-state index contributed by atoms with van der Waals surface area (Å²) in [6, 6.07) is 18.6. The van der Waals surface area contributed by atoms with E-state index in [0.29, 0.717) is 16.3 Å². The van der Waals surface area contributed by atoms with Crippen LogP contribution in [-0.4, -0.2) is 26.8 Å². The van der Waals surface area contributed by atoms with Crippen LogP contribution in [0.25, 0.3) is 0 Å². The number of anilines is 2. The predicted molar refractivity (Wildman–Crippen MR) is 121 cm³/mol. The molecule has 3 aromatic carbocycles. The quantitative estimate of drug-likeness (QED) is 0.565. The maximum atomic E-state index is 13.3. The molecule has 0 bridgehead atoms. The van der Waals surface area contributed by atoms with Gasteiger partial charge in [0.05, 0.1) is 10.6 Å². The van der Waals surface area contributed by atoms with Crippen molar-refractivity contribution >= 4 is 44.8 Å². The molecule has 0 aliphatic rings. The van der Waals surface area contributed by atoms with E-state index in [0.717, 1.165) is 9.87 Å². The van der Waals surface area contributed by atoms with Crippen LogP contribution in [0.5, 0.6) is 0 Å². The van der Waals surface area contributed by atoms with Gasteiger partial charge in [-0.05, 0) is 61.0 Å². The van der Waals surface area contributed by atoms with Crippen LogP contribution in [-0.2, 0) is 14.8 Å². The first-order valence-electron chi connectivity index (χ1n) is 9.22. The molecule has 0 saturated heterocycles. The molecule has 0 fully saturated rings. The van der Waals surface area contributed by atoms with Crippen molar-refractivity contribution < 1.29 is 18.0 Å². The third kappa shape index (κ3) is 5.22. The van der Waals surface area contributed by atoms with Gasteiger partial charge in [0.15, 0.2) is 0 Å². The van der Waals surface area contributed by atoms with Gasteiger partial charge in [-0.1, -0.05) is 35.9 Å². The second-order valence-corrected chi connectivity index (χ2v) is 9.02. The zero-order valence-corrected chi connectivity index (χ0v) is 18.2. The molecule has 160 valence electrons. The number of halogens is 1. The number of benzene rings is 3. The second-order valence-electron chi connectivity index (χ2n) is 6.75. The van der Waals surface area contributed by atoms with E-state index in [9.17, 15) is 18.0 Å². The fourth-order valence-electron chi connectivity index (χ4n) is 2.82. The van der Waals surface area contributed by atoms with Gasteiger partial charge in [-0.15, -0.1) is 0 Å². The lowest BCUT2D eigenvalue weighted by Crippen LogP contribution is -2.38. The molecule has 0 aromatic heterocycles. The average molecular weight is 458 g/mol. The van der Waals surface area contributed by atoms with E-state index >= 15 is 0 Å². The number of hydrogen-bond acceptors (Lipinski definition) is 4. The Bertz CT molecular complexity index is 1210. The van der Waals surface area contributed by atoms with Crippen LogP contribution in [0.15, 0.2) is 77.7 Å². The monoisotopic (exact) mass is 457 g/mol. The Balaban J connectivity index is 1.91. The summed E-state index contributed by atoms with van der Waals surface area (Å²) < 4.78 is 27.6. The molecule has 9 heteroatoms. The zero-order chi connectivity index (χ0) is 22.6. The smallest absolute Gasteiger partial charge is 0.264 e. The normalized spacial score (nSPS) is 11.0. The van der Waals surface area contributed by atoms with Crippen molar-refractivity contribution in [2.45, 2.75) is 11.8 Å². The van der Waals surface area contributed by atoms with Gasteiger partial charge in [-0.2, -0.15) is 0 Å². The van der Waals surface area contributed by atoms with Gasteiger partial charge >= 0.3 is 0 Å². The van der Waals surface area contributed by atoms with E-state index in [1.165, 1.54) is 42.5 Å². The van der Waals surface area contributed by atoms with Crippen molar-refractivity contribution in [3.8, 4) is 0 Å². The highest BCUT2D eigenvalue weighted by Gasteiger charge is 2.27. The van der Waals surface area contributed by atoms with Gasteiger partial charge in [-0.25, -0.2) is 8.42 Å². The third-order valence-electron chi connectivity index (χ3n) is 4.51. The van der Waals surface area contributed by atoms with Gasteiger partial charge in [0.1, 0.15) is 6.54 Å². The molecule has 0 aliphatic carbocycles. The minimum absolute atomic E-state index is 0.0466. The lowest BCUT2D eigenvalue weighted by molar-refractivity contribution is -0.114. The van der Waals surface area contributed by atoms with Gasteiger partial charge in [-0.3, -0.25) is 13.9 Å². The van der Waals surface area contributed by atoms with E-state index < -0.39 is 28.4 Å². The topological polar surface area (TPSA) is 110 Å². The first-order chi connectivity index (χ1) is 14.7. The predicted octanol–water partition coefficient (Wildman–Crippen LogP) is 3.58. The Kier molecular flexibility index (Phi) is 6.62. The Hall–Kier alpha value is -3.36. The summed E-state index contributed by atoms with van der Waals surface area (Å²) in [5.41, 5.74) is 6.94. The van der Waals surface area contributed by atoms with Crippen molar-refractivity contribution in [3.05, 3.63) is 88.9 Å². The standard InChI is InChI=1S/C22H20ClN3O4S/c1-15-7-12-18(13-20(15)23)26(31(29,30)19-5-3-2-4-6-19)14-21(27)25-17-10-8-16(9-11-17)22(24)28/h2-13H,14H2,1H3,(H2,24,28)(H,25,27). The van der Waals surface area contributed by atoms with E-state index in [-0.39, 0.29) is 10.6 Å². The van der Waals surface area contributed by atoms with E-state index in [1.54, 1.807) is 37.3 Å². The zero-order valence-electron chi connectivity index (χ0n) is 16.6. The van der Waals surface area contributed by atoms with Crippen molar-refractivity contribution in [1.82, 2.24) is 0 Å². The number of nitrogens with one attached hydrogen (secondary N) is 1. The van der Waals surface area contributed by atoms with E-state index in [1.807, 2.05) is 0 Å². The molecule has 3 aromatic rings. The number of aryl methyl sites for hydroxylation is 1. The number of rotatable bonds is 7. The molecule has 0 radical (unpaired) electrons. The number of nitrogens with two attached hydrogens (primary N) is 1. The molecular weight excluding hydrogens is 438 g/mol. The van der Waals surface area contributed by atoms with Crippen molar-refractivity contribution in [2.24, 2.45) is 5.73 Å². The maximum Gasteiger partial charge on any atom is 0.264 e. The Morgan fingerprint density at radius 2 is 1.65 bits per heavy atom. The second kappa shape index (κ2) is 9.20. The molecule has 0 saturated carbocycles. The van der Waals surface area contributed by atoms with Crippen LogP contribution >= 0.6 is 11.6 Å². The van der Waals surface area contributed by atoms with Gasteiger partial charge in [0.2, 0.25) is 11.8 Å². The molecule has 3 N–H and O–H groups in total. The van der Waals surface area contributed by atoms with Crippen molar-refractivity contribution in [3.63, 3.8) is 0 Å². The first kappa shape index (κ1) is 22.3. The summed E-state index contributed by atoms with van der Waals surface area (Å²) in [5, 5.41) is 3.01. The van der Waals surface area contributed by atoms with Crippen LogP contribution in [0, 0.1) is 6.92 Å². The minimum Gasteiger partial charge on any atom is -0.366 e. The number of carbonyl (C=O) groups excluding carboxylic acids is 2. The van der Waals surface area contributed by atoms with Gasteiger partial charge < -0.3 is 11.1 Å². The van der Waals surface area contributed by atoms with Crippen LogP contribution in [0.4, 0.5) is 11.4 Å². The molecule has 2 amide bonds. The summed E-state index contributed by atoms with van der Waals surface area (Å²) in [4.78, 5) is 23.9. The van der Waals surface area contributed by atoms with E-state index in [2.05, 4.69) is 5.32 Å². The molecule has 0 aliphatic heterocycles. The number of nitrogens with zero attached hydrogens (tertiary/aromatic N) is 1. The highest BCUT2D eigenvalue weighted by Crippen LogP contribution is 2.28. The Morgan fingerprint density at radius 3 is 2.23 bits per heavy atom. The fraction of sp³-hybridized carbons (Fsp3) is 0.0909. The Morgan fingerprint density at radius 1 is 1.00 bits per heavy atom. The fourth-order valence-corrected chi connectivity index (χ4v) is 4.43. The van der Waals surface area contributed by atoms with Gasteiger partial charge in [0, 0.05) is 16.3 Å². The Labute approximate surface area is 185 Å². The van der Waals surface area contributed by atoms with Crippen LogP contribution in [0.1, 0.15) is 15.9 Å². The average Bonchev–Trinajstić information content (AvgIpc) is 2.75. The highest BCUT2D eigenvalue weighted by molar-refractivity contribution is 7.92. The summed E-state index contributed by atoms with van der Waals surface area (Å²) in [6.07, 6.45) is 0. The first-order valence-corrected chi connectivity index (χ1v) is 11.0. The van der Waals surface area contributed by atoms with Crippen molar-refractivity contribution in [2.75, 3.05) is 16.2 Å². The van der Waals surface area contributed by atoms with Crippen LogP contribution < -0.4 is 15.4 Å². The number of amides is 2. The summed E-state index contributed by atoms with van der Waals surface area (Å²) in [7, 11) is -4.04. The minimum atomic E-state index is -4.04. The molecule has 3 rings (SSSR count). The van der Waals surface area contributed by atoms with Crippen LogP contribution in [0.2, 0.25) is 5.02 Å². The molecule has 0 unspecified atom stereocenters. The number of carbonyl (C=O) groups is 2. The molecule has 31 heavy (non-hydrogen) atoms. The number of sulfonamides is 1. The van der Waals surface area contributed by atoms with Crippen molar-refractivity contribution in [1.29, 1.82) is 0 Å². The molecule has 7 nitrogen and oxygen atoms in total. The summed E-state index contributed by atoms with van der Waals surface area (Å²) in [5.74, 6) is -1.16.